The molecule has 0 aliphatic carbocycles. The molecule has 0 radical (unpaired) electrons. The third-order valence-electron chi connectivity index (χ3n) is 5.11. The summed E-state index contributed by atoms with van der Waals surface area (Å²) in [7, 11) is 0. The van der Waals surface area contributed by atoms with E-state index in [1.165, 1.54) is 6.07 Å². The highest BCUT2D eigenvalue weighted by Crippen LogP contribution is 2.15. The van der Waals surface area contributed by atoms with Crippen molar-refractivity contribution in [2.45, 2.75) is 13.8 Å². The molecule has 3 heterocycles. The van der Waals surface area contributed by atoms with Gasteiger partial charge >= 0.3 is 0 Å². The van der Waals surface area contributed by atoms with Gasteiger partial charge in [-0.1, -0.05) is 6.07 Å². The lowest BCUT2D eigenvalue weighted by Gasteiger charge is -2.34. The molecule has 0 N–H and O–H groups in total. The summed E-state index contributed by atoms with van der Waals surface area (Å²) in [6.45, 7) is 5.30. The summed E-state index contributed by atoms with van der Waals surface area (Å²) in [5.41, 5.74) is 3.05. The zero-order valence-corrected chi connectivity index (χ0v) is 15.9. The minimum atomic E-state index is -0.387. The van der Waals surface area contributed by atoms with E-state index in [0.717, 1.165) is 11.2 Å². The van der Waals surface area contributed by atoms with Gasteiger partial charge in [0.15, 0.2) is 0 Å². The van der Waals surface area contributed by atoms with Gasteiger partial charge in [0, 0.05) is 44.1 Å². The number of fused-ring (bicyclic) bond motifs is 1. The Bertz CT molecular complexity index is 1070. The van der Waals surface area contributed by atoms with E-state index >= 15 is 0 Å². The molecule has 144 valence electrons. The first-order valence-electron chi connectivity index (χ1n) is 9.22. The molecule has 0 spiro atoms. The molecule has 6 nitrogen and oxygen atoms in total. The molecule has 2 amide bonds. The van der Waals surface area contributed by atoms with Crippen LogP contribution in [0.25, 0.3) is 5.65 Å². The third kappa shape index (κ3) is 3.35. The lowest BCUT2D eigenvalue weighted by Crippen LogP contribution is -2.50. The Labute approximate surface area is 162 Å². The van der Waals surface area contributed by atoms with Crippen molar-refractivity contribution in [3.05, 3.63) is 70.9 Å². The van der Waals surface area contributed by atoms with Gasteiger partial charge in [-0.25, -0.2) is 9.37 Å². The highest BCUT2D eigenvalue weighted by molar-refractivity contribution is 5.95. The van der Waals surface area contributed by atoms with Crippen LogP contribution in [0, 0.1) is 19.7 Å². The number of piperazine rings is 1. The summed E-state index contributed by atoms with van der Waals surface area (Å²) in [6.07, 6.45) is 3.61. The van der Waals surface area contributed by atoms with Crippen molar-refractivity contribution in [3.63, 3.8) is 0 Å². The highest BCUT2D eigenvalue weighted by Gasteiger charge is 2.27. The average Bonchev–Trinajstić information content (AvgIpc) is 3.12. The van der Waals surface area contributed by atoms with E-state index in [0.29, 0.717) is 43.0 Å². The molecule has 0 unspecified atom stereocenters. The minimum Gasteiger partial charge on any atom is -0.335 e. The number of amides is 2. The van der Waals surface area contributed by atoms with E-state index in [-0.39, 0.29) is 17.6 Å². The maximum atomic E-state index is 13.7. The Kier molecular flexibility index (Phi) is 4.58. The van der Waals surface area contributed by atoms with Gasteiger partial charge in [0.05, 0.1) is 0 Å². The third-order valence-corrected chi connectivity index (χ3v) is 5.11. The van der Waals surface area contributed by atoms with Crippen molar-refractivity contribution in [2.75, 3.05) is 26.2 Å². The number of hydrogen-bond acceptors (Lipinski definition) is 3. The van der Waals surface area contributed by atoms with Crippen LogP contribution in [0.4, 0.5) is 4.39 Å². The Morgan fingerprint density at radius 1 is 0.964 bits per heavy atom. The van der Waals surface area contributed by atoms with Crippen LogP contribution in [0.5, 0.6) is 0 Å². The molecule has 1 aliphatic rings. The van der Waals surface area contributed by atoms with E-state index in [9.17, 15) is 14.0 Å². The summed E-state index contributed by atoms with van der Waals surface area (Å²) in [4.78, 5) is 33.2. The monoisotopic (exact) mass is 380 g/mol. The molecule has 4 rings (SSSR count). The standard InChI is InChI=1S/C21H21FN4O2/c1-14-5-6-26-13-18(23-19(26)11-14)21(28)25-9-7-24(8-10-25)20(27)16-4-3-15(2)17(22)12-16/h3-6,11-13H,7-10H2,1-2H3. The number of carbonyl (C=O) groups is 2. The van der Waals surface area contributed by atoms with Gasteiger partial charge in [-0.2, -0.15) is 0 Å². The van der Waals surface area contributed by atoms with Gasteiger partial charge in [0.1, 0.15) is 17.2 Å². The Morgan fingerprint density at radius 2 is 1.64 bits per heavy atom. The van der Waals surface area contributed by atoms with E-state index < -0.39 is 0 Å². The average molecular weight is 380 g/mol. The molecular formula is C21H21FN4O2. The fourth-order valence-corrected chi connectivity index (χ4v) is 3.37. The predicted molar refractivity (Wildman–Crippen MR) is 103 cm³/mol. The van der Waals surface area contributed by atoms with Gasteiger partial charge in [-0.3, -0.25) is 9.59 Å². The first-order chi connectivity index (χ1) is 13.4. The number of imidazole rings is 1. The summed E-state index contributed by atoms with van der Waals surface area (Å²) in [5.74, 6) is -0.745. The number of aromatic nitrogens is 2. The molecule has 0 atom stereocenters. The van der Waals surface area contributed by atoms with E-state index in [2.05, 4.69) is 4.98 Å². The van der Waals surface area contributed by atoms with Crippen molar-refractivity contribution < 1.29 is 14.0 Å². The number of rotatable bonds is 2. The Hall–Kier alpha value is -3.22. The molecule has 7 heteroatoms. The summed E-state index contributed by atoms with van der Waals surface area (Å²) < 4.78 is 15.6. The van der Waals surface area contributed by atoms with Crippen LogP contribution in [0.3, 0.4) is 0 Å². The molecular weight excluding hydrogens is 359 g/mol. The fourth-order valence-electron chi connectivity index (χ4n) is 3.37. The molecule has 3 aromatic rings. The zero-order chi connectivity index (χ0) is 19.8. The highest BCUT2D eigenvalue weighted by atomic mass is 19.1. The van der Waals surface area contributed by atoms with Crippen molar-refractivity contribution in [1.29, 1.82) is 0 Å². The van der Waals surface area contributed by atoms with Crippen molar-refractivity contribution in [2.24, 2.45) is 0 Å². The van der Waals surface area contributed by atoms with Gasteiger partial charge in [-0.15, -0.1) is 0 Å². The predicted octanol–water partition coefficient (Wildman–Crippen LogP) is 2.69. The molecule has 2 aromatic heterocycles. The van der Waals surface area contributed by atoms with Gasteiger partial charge in [0.25, 0.3) is 11.8 Å². The maximum absolute atomic E-state index is 13.7. The molecule has 0 saturated carbocycles. The minimum absolute atomic E-state index is 0.144. The van der Waals surface area contributed by atoms with Crippen LogP contribution in [-0.4, -0.2) is 57.2 Å². The van der Waals surface area contributed by atoms with E-state index in [1.807, 2.05) is 29.7 Å². The SMILES string of the molecule is Cc1ccn2cc(C(=O)N3CCN(C(=O)c4ccc(C)c(F)c4)CC3)nc2c1. The van der Waals surface area contributed by atoms with Crippen LogP contribution in [0.15, 0.2) is 42.7 Å². The van der Waals surface area contributed by atoms with Crippen LogP contribution in [0.1, 0.15) is 32.0 Å². The quantitative estimate of drug-likeness (QED) is 0.687. The van der Waals surface area contributed by atoms with E-state index in [4.69, 9.17) is 0 Å². The fraction of sp³-hybridized carbons (Fsp3) is 0.286. The molecule has 1 saturated heterocycles. The van der Waals surface area contributed by atoms with Gasteiger partial charge in [0.2, 0.25) is 0 Å². The number of benzene rings is 1. The zero-order valence-electron chi connectivity index (χ0n) is 15.9. The number of pyridine rings is 1. The normalized spacial score (nSPS) is 14.5. The number of halogens is 1. The van der Waals surface area contributed by atoms with Crippen LogP contribution < -0.4 is 0 Å². The largest absolute Gasteiger partial charge is 0.335 e. The summed E-state index contributed by atoms with van der Waals surface area (Å²) in [6, 6.07) is 8.40. The number of aryl methyl sites for hydroxylation is 2. The van der Waals surface area contributed by atoms with Gasteiger partial charge in [-0.05, 0) is 49.2 Å². The first kappa shape index (κ1) is 18.2. The first-order valence-corrected chi connectivity index (χ1v) is 9.22. The lowest BCUT2D eigenvalue weighted by molar-refractivity contribution is 0.0532. The van der Waals surface area contributed by atoms with E-state index in [1.54, 1.807) is 35.1 Å². The topological polar surface area (TPSA) is 57.9 Å². The molecule has 1 fully saturated rings. The summed E-state index contributed by atoms with van der Waals surface area (Å²) in [5, 5.41) is 0. The number of nitrogens with zero attached hydrogens (tertiary/aromatic N) is 4. The molecule has 1 aliphatic heterocycles. The second-order valence-electron chi connectivity index (χ2n) is 7.14. The van der Waals surface area contributed by atoms with Crippen LogP contribution in [0.2, 0.25) is 0 Å². The molecule has 0 bridgehead atoms. The van der Waals surface area contributed by atoms with Crippen molar-refractivity contribution in [3.8, 4) is 0 Å². The second kappa shape index (κ2) is 7.07. The maximum Gasteiger partial charge on any atom is 0.274 e. The molecule has 28 heavy (non-hydrogen) atoms. The molecule has 1 aromatic carbocycles. The number of carbonyl (C=O) groups excluding carboxylic acids is 2. The van der Waals surface area contributed by atoms with Crippen molar-refractivity contribution >= 4 is 17.5 Å². The van der Waals surface area contributed by atoms with Gasteiger partial charge < -0.3 is 14.2 Å². The smallest absolute Gasteiger partial charge is 0.274 e. The Balaban J connectivity index is 1.43. The lowest BCUT2D eigenvalue weighted by atomic mass is 10.1. The van der Waals surface area contributed by atoms with Crippen molar-refractivity contribution in [1.82, 2.24) is 19.2 Å². The van der Waals surface area contributed by atoms with Crippen LogP contribution in [-0.2, 0) is 0 Å². The van der Waals surface area contributed by atoms with Crippen LogP contribution >= 0.6 is 0 Å². The summed E-state index contributed by atoms with van der Waals surface area (Å²) >= 11 is 0. The number of hydrogen-bond donors (Lipinski definition) is 0. The second-order valence-corrected chi connectivity index (χ2v) is 7.14. The Morgan fingerprint density at radius 3 is 2.32 bits per heavy atom.